The number of ether oxygens (including phenoxy) is 1. The molecule has 3 nitrogen and oxygen atoms in total. The topological polar surface area (TPSA) is 34.1 Å². The van der Waals surface area contributed by atoms with Gasteiger partial charge in [-0.2, -0.15) is 0 Å². The average molecular weight is 234 g/mol. The summed E-state index contributed by atoms with van der Waals surface area (Å²) in [5.74, 6) is 0.476. The molecule has 0 amide bonds. The van der Waals surface area contributed by atoms with Gasteiger partial charge in [0.25, 0.3) is 0 Å². The van der Waals surface area contributed by atoms with Crippen molar-refractivity contribution in [3.05, 3.63) is 36.3 Å². The van der Waals surface area contributed by atoms with Gasteiger partial charge in [0.2, 0.25) is 0 Å². The lowest BCUT2D eigenvalue weighted by molar-refractivity contribution is 0.198. The third-order valence-corrected chi connectivity index (χ3v) is 2.55. The minimum Gasteiger partial charge on any atom is -0.385 e. The number of rotatable bonds is 5. The van der Waals surface area contributed by atoms with E-state index in [-0.39, 0.29) is 5.82 Å². The van der Waals surface area contributed by atoms with E-state index in [1.807, 2.05) is 6.07 Å². The summed E-state index contributed by atoms with van der Waals surface area (Å²) in [5.41, 5.74) is 0. The summed E-state index contributed by atoms with van der Waals surface area (Å²) in [7, 11) is 1.67. The highest BCUT2D eigenvalue weighted by molar-refractivity contribution is 5.91. The van der Waals surface area contributed by atoms with Crippen molar-refractivity contribution >= 4 is 16.6 Å². The molecule has 1 N–H and O–H groups in total. The highest BCUT2D eigenvalue weighted by Crippen LogP contribution is 2.21. The molecule has 90 valence electrons. The van der Waals surface area contributed by atoms with Crippen molar-refractivity contribution in [1.82, 2.24) is 4.98 Å². The predicted molar refractivity (Wildman–Crippen MR) is 66.7 cm³/mol. The molecule has 0 saturated heterocycles. The Kier molecular flexibility index (Phi) is 3.88. The van der Waals surface area contributed by atoms with Crippen LogP contribution in [0.5, 0.6) is 0 Å². The Labute approximate surface area is 99.6 Å². The van der Waals surface area contributed by atoms with Crippen LogP contribution in [-0.4, -0.2) is 25.2 Å². The van der Waals surface area contributed by atoms with E-state index in [4.69, 9.17) is 4.74 Å². The lowest BCUT2D eigenvalue weighted by atomic mass is 10.1. The number of hydrogen-bond donors (Lipinski definition) is 1. The summed E-state index contributed by atoms with van der Waals surface area (Å²) >= 11 is 0. The number of nitrogens with one attached hydrogen (secondary N) is 1. The van der Waals surface area contributed by atoms with Crippen molar-refractivity contribution in [3.8, 4) is 0 Å². The fourth-order valence-corrected chi connectivity index (χ4v) is 1.70. The minimum atomic E-state index is -0.245. The highest BCUT2D eigenvalue weighted by Gasteiger charge is 2.02. The molecule has 1 aromatic heterocycles. The maximum atomic E-state index is 13.2. The van der Waals surface area contributed by atoms with Gasteiger partial charge in [0, 0.05) is 31.8 Å². The van der Waals surface area contributed by atoms with Gasteiger partial charge in [-0.05, 0) is 30.0 Å². The molecule has 0 aliphatic carbocycles. The summed E-state index contributed by atoms with van der Waals surface area (Å²) in [6.45, 7) is 1.46. The van der Waals surface area contributed by atoms with Crippen LogP contribution in [0, 0.1) is 5.82 Å². The quantitative estimate of drug-likeness (QED) is 0.808. The van der Waals surface area contributed by atoms with E-state index in [0.717, 1.165) is 29.6 Å². The maximum Gasteiger partial charge on any atom is 0.133 e. The van der Waals surface area contributed by atoms with E-state index in [2.05, 4.69) is 10.3 Å². The van der Waals surface area contributed by atoms with Gasteiger partial charge in [0.1, 0.15) is 11.6 Å². The maximum absolute atomic E-state index is 13.2. The van der Waals surface area contributed by atoms with Gasteiger partial charge in [-0.1, -0.05) is 6.07 Å². The van der Waals surface area contributed by atoms with Gasteiger partial charge >= 0.3 is 0 Å². The Morgan fingerprint density at radius 3 is 3.06 bits per heavy atom. The summed E-state index contributed by atoms with van der Waals surface area (Å²) in [4.78, 5) is 4.23. The number of hydrogen-bond acceptors (Lipinski definition) is 3. The number of pyridine rings is 1. The van der Waals surface area contributed by atoms with E-state index in [0.29, 0.717) is 6.61 Å². The summed E-state index contributed by atoms with van der Waals surface area (Å²) in [5, 5.41) is 4.98. The molecule has 17 heavy (non-hydrogen) atoms. The van der Waals surface area contributed by atoms with Crippen molar-refractivity contribution in [2.24, 2.45) is 0 Å². The molecule has 2 rings (SSSR count). The molecule has 0 unspecified atom stereocenters. The number of aromatic nitrogens is 1. The zero-order valence-corrected chi connectivity index (χ0v) is 9.74. The largest absolute Gasteiger partial charge is 0.385 e. The van der Waals surface area contributed by atoms with Crippen molar-refractivity contribution in [3.63, 3.8) is 0 Å². The molecule has 1 aromatic carbocycles. The molecule has 0 aliphatic heterocycles. The first-order chi connectivity index (χ1) is 8.31. The number of methoxy groups -OCH3 is 1. The molecule has 0 spiro atoms. The van der Waals surface area contributed by atoms with Crippen LogP contribution in [0.4, 0.5) is 10.2 Å². The van der Waals surface area contributed by atoms with Crippen LogP contribution in [0.1, 0.15) is 6.42 Å². The van der Waals surface area contributed by atoms with Crippen molar-refractivity contribution in [2.45, 2.75) is 6.42 Å². The molecule has 2 aromatic rings. The molecule has 0 atom stereocenters. The summed E-state index contributed by atoms with van der Waals surface area (Å²) in [6.07, 6.45) is 2.61. The second-order valence-corrected chi connectivity index (χ2v) is 3.80. The number of fused-ring (bicyclic) bond motifs is 1. The van der Waals surface area contributed by atoms with Crippen LogP contribution in [0.3, 0.4) is 0 Å². The van der Waals surface area contributed by atoms with Gasteiger partial charge < -0.3 is 10.1 Å². The van der Waals surface area contributed by atoms with E-state index in [9.17, 15) is 4.39 Å². The first-order valence-electron chi connectivity index (χ1n) is 5.58. The lowest BCUT2D eigenvalue weighted by Crippen LogP contribution is -2.06. The second kappa shape index (κ2) is 5.59. The fraction of sp³-hybridized carbons (Fsp3) is 0.308. The van der Waals surface area contributed by atoms with Crippen molar-refractivity contribution in [1.29, 1.82) is 0 Å². The minimum absolute atomic E-state index is 0.245. The third-order valence-electron chi connectivity index (χ3n) is 2.55. The highest BCUT2D eigenvalue weighted by atomic mass is 19.1. The number of nitrogens with zero attached hydrogens (tertiary/aromatic N) is 1. The van der Waals surface area contributed by atoms with Crippen molar-refractivity contribution < 1.29 is 9.13 Å². The molecule has 1 heterocycles. The number of halogens is 1. The SMILES string of the molecule is COCCCNc1nccc2ccc(F)cc12. The molecule has 0 aliphatic rings. The predicted octanol–water partition coefficient (Wildman–Crippen LogP) is 2.82. The number of benzene rings is 1. The molecule has 4 heteroatoms. The Bertz CT molecular complexity index is 502. The van der Waals surface area contributed by atoms with Gasteiger partial charge in [-0.3, -0.25) is 0 Å². The van der Waals surface area contributed by atoms with Gasteiger partial charge in [0.15, 0.2) is 0 Å². The molecule has 0 bridgehead atoms. The molecular weight excluding hydrogens is 219 g/mol. The van der Waals surface area contributed by atoms with Gasteiger partial charge in [0.05, 0.1) is 0 Å². The Morgan fingerprint density at radius 2 is 2.24 bits per heavy atom. The van der Waals surface area contributed by atoms with E-state index >= 15 is 0 Å². The van der Waals surface area contributed by atoms with E-state index in [1.54, 1.807) is 19.4 Å². The van der Waals surface area contributed by atoms with E-state index in [1.165, 1.54) is 12.1 Å². The van der Waals surface area contributed by atoms with Crippen LogP contribution < -0.4 is 5.32 Å². The third kappa shape index (κ3) is 2.91. The fourth-order valence-electron chi connectivity index (χ4n) is 1.70. The van der Waals surface area contributed by atoms with Crippen LogP contribution in [0.25, 0.3) is 10.8 Å². The van der Waals surface area contributed by atoms with Crippen molar-refractivity contribution in [2.75, 3.05) is 25.6 Å². The standard InChI is InChI=1S/C13H15FN2O/c1-17-8-2-6-15-13-12-9-11(14)4-3-10(12)5-7-16-13/h3-5,7,9H,2,6,8H2,1H3,(H,15,16). The normalized spacial score (nSPS) is 10.7. The summed E-state index contributed by atoms with van der Waals surface area (Å²) < 4.78 is 18.1. The Hall–Kier alpha value is -1.68. The van der Waals surface area contributed by atoms with Crippen LogP contribution in [-0.2, 0) is 4.74 Å². The first-order valence-corrected chi connectivity index (χ1v) is 5.58. The first kappa shape index (κ1) is 11.8. The zero-order valence-electron chi connectivity index (χ0n) is 9.74. The lowest BCUT2D eigenvalue weighted by Gasteiger charge is -2.08. The van der Waals surface area contributed by atoms with Gasteiger partial charge in [-0.25, -0.2) is 9.37 Å². The summed E-state index contributed by atoms with van der Waals surface area (Å²) in [6, 6.07) is 6.58. The van der Waals surface area contributed by atoms with Crippen LogP contribution >= 0.6 is 0 Å². The van der Waals surface area contributed by atoms with E-state index < -0.39 is 0 Å². The second-order valence-electron chi connectivity index (χ2n) is 3.80. The monoisotopic (exact) mass is 234 g/mol. The molecule has 0 saturated carbocycles. The molecule has 0 fully saturated rings. The smallest absolute Gasteiger partial charge is 0.133 e. The van der Waals surface area contributed by atoms with Crippen LogP contribution in [0.15, 0.2) is 30.5 Å². The molecule has 0 radical (unpaired) electrons. The average Bonchev–Trinajstić information content (AvgIpc) is 2.35. The Morgan fingerprint density at radius 1 is 1.35 bits per heavy atom. The van der Waals surface area contributed by atoms with Crippen LogP contribution in [0.2, 0.25) is 0 Å². The number of anilines is 1. The zero-order chi connectivity index (χ0) is 12.1. The molecular formula is C13H15FN2O. The Balaban J connectivity index is 2.18. The van der Waals surface area contributed by atoms with Gasteiger partial charge in [-0.15, -0.1) is 0 Å².